The Hall–Kier alpha value is -2.10. The average Bonchev–Trinajstić information content (AvgIpc) is 2.49. The van der Waals surface area contributed by atoms with Crippen molar-refractivity contribution < 1.29 is 22.8 Å². The number of carbonyl (C=O) groups excluding carboxylic acids is 2. The zero-order valence-electron chi connectivity index (χ0n) is 11.4. The molecule has 2 N–H and O–H groups in total. The van der Waals surface area contributed by atoms with Crippen LogP contribution in [0.4, 0.5) is 24.5 Å². The summed E-state index contributed by atoms with van der Waals surface area (Å²) >= 11 is 2.07. The minimum absolute atomic E-state index is 0.370. The Kier molecular flexibility index (Phi) is 5.24. The van der Waals surface area contributed by atoms with Crippen molar-refractivity contribution in [1.82, 2.24) is 0 Å². The maximum absolute atomic E-state index is 12.8. The number of hydrogen-bond donors (Lipinski definition) is 2. The largest absolute Gasteiger partial charge is 0.418 e. The molecule has 120 valence electrons. The lowest BCUT2D eigenvalue weighted by molar-refractivity contribution is -0.137. The quantitative estimate of drug-likeness (QED) is 0.557. The van der Waals surface area contributed by atoms with Crippen LogP contribution in [0.1, 0.15) is 5.56 Å². The second kappa shape index (κ2) is 6.99. The van der Waals surface area contributed by atoms with Gasteiger partial charge in [-0.15, -0.1) is 0 Å². The summed E-state index contributed by atoms with van der Waals surface area (Å²) in [6.07, 6.45) is -4.63. The zero-order chi connectivity index (χ0) is 17.0. The number of rotatable bonds is 2. The predicted octanol–water partition coefficient (Wildman–Crippen LogP) is 3.89. The molecule has 0 fully saturated rings. The monoisotopic (exact) mass is 434 g/mol. The summed E-state index contributed by atoms with van der Waals surface area (Å²) < 4.78 is 39.4. The zero-order valence-corrected chi connectivity index (χ0v) is 13.6. The molecule has 2 rings (SSSR count). The average molecular weight is 434 g/mol. The van der Waals surface area contributed by atoms with Crippen LogP contribution in [0.2, 0.25) is 0 Å². The van der Waals surface area contributed by atoms with Crippen LogP contribution in [0.25, 0.3) is 0 Å². The van der Waals surface area contributed by atoms with Gasteiger partial charge in [-0.2, -0.15) is 13.2 Å². The smallest absolute Gasteiger partial charge is 0.318 e. The van der Waals surface area contributed by atoms with Gasteiger partial charge in [-0.25, -0.2) is 0 Å². The molecule has 0 saturated carbocycles. The number of amides is 2. The first-order chi connectivity index (χ1) is 10.8. The molecule has 0 atom stereocenters. The van der Waals surface area contributed by atoms with Crippen molar-refractivity contribution >= 4 is 45.8 Å². The molecule has 0 aromatic heterocycles. The Morgan fingerprint density at radius 3 is 2.04 bits per heavy atom. The molecule has 0 aliphatic carbocycles. The van der Waals surface area contributed by atoms with Gasteiger partial charge in [-0.1, -0.05) is 12.1 Å². The van der Waals surface area contributed by atoms with Crippen LogP contribution < -0.4 is 10.6 Å². The summed E-state index contributed by atoms with van der Waals surface area (Å²) in [5.74, 6) is -2.23. The van der Waals surface area contributed by atoms with Gasteiger partial charge in [0.25, 0.3) is 0 Å². The van der Waals surface area contributed by atoms with Crippen LogP contribution in [-0.4, -0.2) is 11.8 Å². The van der Waals surface area contributed by atoms with Gasteiger partial charge in [0.15, 0.2) is 0 Å². The van der Waals surface area contributed by atoms with Crippen molar-refractivity contribution in [2.75, 3.05) is 10.6 Å². The van der Waals surface area contributed by atoms with E-state index in [2.05, 4.69) is 27.9 Å². The van der Waals surface area contributed by atoms with E-state index >= 15 is 0 Å². The highest BCUT2D eigenvalue weighted by Gasteiger charge is 2.34. The number of hydrogen-bond acceptors (Lipinski definition) is 2. The fourth-order valence-electron chi connectivity index (χ4n) is 1.74. The second-order valence-electron chi connectivity index (χ2n) is 4.46. The predicted molar refractivity (Wildman–Crippen MR) is 87.9 cm³/mol. The summed E-state index contributed by atoms with van der Waals surface area (Å²) in [5.41, 5.74) is -1.12. The Bertz CT molecular complexity index is 730. The van der Waals surface area contributed by atoms with E-state index in [0.717, 1.165) is 15.7 Å². The summed E-state index contributed by atoms with van der Waals surface area (Å²) in [6, 6.07) is 11.0. The van der Waals surface area contributed by atoms with Crippen molar-refractivity contribution in [2.45, 2.75) is 6.18 Å². The maximum Gasteiger partial charge on any atom is 0.418 e. The lowest BCUT2D eigenvalue weighted by Gasteiger charge is -2.13. The molecular weight excluding hydrogens is 424 g/mol. The Morgan fingerprint density at radius 1 is 0.870 bits per heavy atom. The maximum atomic E-state index is 12.8. The lowest BCUT2D eigenvalue weighted by Crippen LogP contribution is -2.30. The summed E-state index contributed by atoms with van der Waals surface area (Å²) in [4.78, 5) is 23.5. The van der Waals surface area contributed by atoms with Gasteiger partial charge in [0.05, 0.1) is 11.3 Å². The first kappa shape index (κ1) is 17.3. The van der Waals surface area contributed by atoms with Crippen molar-refractivity contribution in [3.05, 3.63) is 57.7 Å². The molecule has 0 saturated heterocycles. The van der Waals surface area contributed by atoms with E-state index in [4.69, 9.17) is 0 Å². The molecule has 0 aliphatic heterocycles. The van der Waals surface area contributed by atoms with Crippen molar-refractivity contribution in [1.29, 1.82) is 0 Å². The highest BCUT2D eigenvalue weighted by Crippen LogP contribution is 2.34. The fraction of sp³-hybridized carbons (Fsp3) is 0.0667. The number of benzene rings is 2. The summed E-state index contributed by atoms with van der Waals surface area (Å²) in [5, 5.41) is 4.29. The Labute approximate surface area is 143 Å². The van der Waals surface area contributed by atoms with Gasteiger partial charge in [0, 0.05) is 9.26 Å². The lowest BCUT2D eigenvalue weighted by atomic mass is 10.1. The number of para-hydroxylation sites is 1. The minimum Gasteiger partial charge on any atom is -0.318 e. The van der Waals surface area contributed by atoms with Crippen LogP contribution >= 0.6 is 22.6 Å². The van der Waals surface area contributed by atoms with E-state index in [9.17, 15) is 22.8 Å². The summed E-state index contributed by atoms with van der Waals surface area (Å²) in [6.45, 7) is 0. The van der Waals surface area contributed by atoms with Gasteiger partial charge in [-0.3, -0.25) is 9.59 Å². The molecule has 23 heavy (non-hydrogen) atoms. The highest BCUT2D eigenvalue weighted by atomic mass is 127. The van der Waals surface area contributed by atoms with E-state index in [1.165, 1.54) is 12.1 Å². The SMILES string of the molecule is O=C(Nc1ccc(I)cc1)C(=O)Nc1ccccc1C(F)(F)F. The Balaban J connectivity index is 2.10. The first-order valence-electron chi connectivity index (χ1n) is 6.31. The van der Waals surface area contributed by atoms with E-state index in [1.54, 1.807) is 24.3 Å². The molecule has 0 heterocycles. The summed E-state index contributed by atoms with van der Waals surface area (Å²) in [7, 11) is 0. The molecule has 0 aliphatic rings. The molecule has 4 nitrogen and oxygen atoms in total. The van der Waals surface area contributed by atoms with E-state index < -0.39 is 29.2 Å². The van der Waals surface area contributed by atoms with E-state index in [1.807, 2.05) is 5.32 Å². The number of halogens is 4. The third-order valence-corrected chi connectivity index (χ3v) is 3.51. The number of anilines is 2. The van der Waals surface area contributed by atoms with Crippen LogP contribution in [0.5, 0.6) is 0 Å². The highest BCUT2D eigenvalue weighted by molar-refractivity contribution is 14.1. The van der Waals surface area contributed by atoms with Gasteiger partial charge in [0.2, 0.25) is 0 Å². The van der Waals surface area contributed by atoms with Gasteiger partial charge in [0.1, 0.15) is 0 Å². The minimum atomic E-state index is -4.63. The van der Waals surface area contributed by atoms with Crippen LogP contribution in [0, 0.1) is 3.57 Å². The molecule has 0 unspecified atom stereocenters. The molecule has 0 radical (unpaired) electrons. The topological polar surface area (TPSA) is 58.2 Å². The standard InChI is InChI=1S/C15H10F3IN2O2/c16-15(17,18)11-3-1-2-4-12(11)21-14(23)13(22)20-10-7-5-9(19)6-8-10/h1-8H,(H,20,22)(H,21,23). The number of nitrogens with one attached hydrogen (secondary N) is 2. The fourth-order valence-corrected chi connectivity index (χ4v) is 2.10. The Morgan fingerprint density at radius 2 is 1.43 bits per heavy atom. The van der Waals surface area contributed by atoms with Gasteiger partial charge in [-0.05, 0) is 59.0 Å². The van der Waals surface area contributed by atoms with E-state index in [-0.39, 0.29) is 0 Å². The second-order valence-corrected chi connectivity index (χ2v) is 5.70. The number of carbonyl (C=O) groups is 2. The molecule has 0 bridgehead atoms. The molecular formula is C15H10F3IN2O2. The third kappa shape index (κ3) is 4.68. The van der Waals surface area contributed by atoms with Gasteiger partial charge >= 0.3 is 18.0 Å². The normalized spacial score (nSPS) is 11.0. The van der Waals surface area contributed by atoms with Crippen LogP contribution in [0.15, 0.2) is 48.5 Å². The van der Waals surface area contributed by atoms with Crippen molar-refractivity contribution in [3.8, 4) is 0 Å². The molecule has 0 spiro atoms. The molecule has 2 aromatic rings. The molecule has 2 amide bonds. The molecule has 2 aromatic carbocycles. The number of alkyl halides is 3. The van der Waals surface area contributed by atoms with E-state index in [0.29, 0.717) is 5.69 Å². The molecule has 8 heteroatoms. The third-order valence-electron chi connectivity index (χ3n) is 2.79. The first-order valence-corrected chi connectivity index (χ1v) is 7.39. The van der Waals surface area contributed by atoms with Crippen LogP contribution in [-0.2, 0) is 15.8 Å². The van der Waals surface area contributed by atoms with Crippen molar-refractivity contribution in [2.24, 2.45) is 0 Å². The van der Waals surface area contributed by atoms with Crippen LogP contribution in [0.3, 0.4) is 0 Å². The van der Waals surface area contributed by atoms with Gasteiger partial charge < -0.3 is 10.6 Å². The van der Waals surface area contributed by atoms with Crippen molar-refractivity contribution in [3.63, 3.8) is 0 Å².